The van der Waals surface area contributed by atoms with Crippen molar-refractivity contribution in [2.24, 2.45) is 4.99 Å². The van der Waals surface area contributed by atoms with Gasteiger partial charge in [-0.05, 0) is 47.2 Å². The average molecular weight is 571 g/mol. The van der Waals surface area contributed by atoms with Crippen molar-refractivity contribution in [1.29, 1.82) is 10.7 Å². The number of hydrogen-bond acceptors (Lipinski definition) is 3. The highest BCUT2D eigenvalue weighted by atomic mass is 15.2. The van der Waals surface area contributed by atoms with E-state index in [9.17, 15) is 10.7 Å². The van der Waals surface area contributed by atoms with Crippen LogP contribution in [-0.4, -0.2) is 17.2 Å². The number of benzene rings is 5. The van der Waals surface area contributed by atoms with Crippen LogP contribution >= 0.6 is 0 Å². The van der Waals surface area contributed by atoms with Crippen LogP contribution in [0.2, 0.25) is 0 Å². The van der Waals surface area contributed by atoms with Gasteiger partial charge in [0.1, 0.15) is 11.7 Å². The van der Waals surface area contributed by atoms with Gasteiger partial charge in [0.25, 0.3) is 0 Å². The van der Waals surface area contributed by atoms with Gasteiger partial charge in [0.15, 0.2) is 0 Å². The molecule has 1 heterocycles. The van der Waals surface area contributed by atoms with E-state index in [-0.39, 0.29) is 0 Å². The quantitative estimate of drug-likeness (QED) is 0.163. The monoisotopic (exact) mass is 570 g/mol. The molecule has 4 nitrogen and oxygen atoms in total. The second kappa shape index (κ2) is 12.0. The second-order valence-corrected chi connectivity index (χ2v) is 11.0. The lowest BCUT2D eigenvalue weighted by molar-refractivity contribution is 0.510. The lowest BCUT2D eigenvalue weighted by Gasteiger charge is -2.40. The fourth-order valence-corrected chi connectivity index (χ4v) is 6.18. The molecule has 0 spiro atoms. The fraction of sp³-hybridized carbons (Fsp3) is 0.125. The van der Waals surface area contributed by atoms with Gasteiger partial charge in [0.2, 0.25) is 0 Å². The van der Waals surface area contributed by atoms with Gasteiger partial charge in [0.05, 0.1) is 22.9 Å². The smallest absolute Gasteiger partial charge is 0.142 e. The molecule has 0 fully saturated rings. The van der Waals surface area contributed by atoms with Crippen molar-refractivity contribution in [2.75, 3.05) is 4.90 Å². The summed E-state index contributed by atoms with van der Waals surface area (Å²) in [6.45, 7) is 8.83. The Balaban J connectivity index is 1.76. The number of fused-ring (bicyclic) bond motifs is 1. The van der Waals surface area contributed by atoms with E-state index in [1.165, 1.54) is 0 Å². The topological polar surface area (TPSA) is 63.2 Å². The Morgan fingerprint density at radius 2 is 1.27 bits per heavy atom. The number of rotatable bonds is 6. The Hall–Kier alpha value is -5.53. The van der Waals surface area contributed by atoms with Crippen molar-refractivity contribution in [2.45, 2.75) is 32.2 Å². The maximum absolute atomic E-state index is 9.95. The maximum atomic E-state index is 9.95. The predicted molar refractivity (Wildman–Crippen MR) is 183 cm³/mol. The summed E-state index contributed by atoms with van der Waals surface area (Å²) in [4.78, 5) is 7.54. The van der Waals surface area contributed by atoms with E-state index in [1.54, 1.807) is 0 Å². The molecular weight excluding hydrogens is 536 g/mol. The molecule has 5 aromatic carbocycles. The first kappa shape index (κ1) is 28.6. The van der Waals surface area contributed by atoms with Crippen LogP contribution in [0.4, 0.5) is 5.69 Å². The van der Waals surface area contributed by atoms with E-state index in [4.69, 9.17) is 4.99 Å². The molecule has 5 aromatic rings. The standard InChI is InChI=1S/C40H34N4/c1-4-40(5-2)28(3)33-25-24-29(27-41)26-36(33)39(43-40)44(38(42)32-20-13-8-14-21-32)37-34(30-16-9-6-10-17-30)22-15-23-35(37)31-18-11-7-12-19-31/h6-26,42H,3-5H2,1-2H3. The Labute approximate surface area is 259 Å². The molecule has 0 saturated carbocycles. The minimum Gasteiger partial charge on any atom is -0.284 e. The zero-order valence-electron chi connectivity index (χ0n) is 25.1. The number of nitrogens with one attached hydrogen (secondary N) is 1. The Morgan fingerprint density at radius 3 is 1.80 bits per heavy atom. The van der Waals surface area contributed by atoms with Gasteiger partial charge in [-0.15, -0.1) is 0 Å². The fourth-order valence-electron chi connectivity index (χ4n) is 6.18. The first-order valence-electron chi connectivity index (χ1n) is 15.0. The third-order valence-corrected chi connectivity index (χ3v) is 8.68. The summed E-state index contributed by atoms with van der Waals surface area (Å²) in [5.74, 6) is 0.939. The first-order chi connectivity index (χ1) is 21.5. The van der Waals surface area contributed by atoms with E-state index in [2.05, 4.69) is 69.0 Å². The summed E-state index contributed by atoms with van der Waals surface area (Å²) < 4.78 is 0. The van der Waals surface area contributed by atoms with Crippen LogP contribution in [-0.2, 0) is 0 Å². The summed E-state index contributed by atoms with van der Waals surface area (Å²) in [5, 5.41) is 19.8. The van der Waals surface area contributed by atoms with Crippen LogP contribution in [0.5, 0.6) is 0 Å². The van der Waals surface area contributed by atoms with Crippen LogP contribution in [0.1, 0.15) is 48.9 Å². The van der Waals surface area contributed by atoms with Gasteiger partial charge < -0.3 is 0 Å². The third-order valence-electron chi connectivity index (χ3n) is 8.68. The maximum Gasteiger partial charge on any atom is 0.142 e. The van der Waals surface area contributed by atoms with Gasteiger partial charge in [-0.25, -0.2) is 0 Å². The average Bonchev–Trinajstić information content (AvgIpc) is 3.10. The van der Waals surface area contributed by atoms with Crippen molar-refractivity contribution in [3.63, 3.8) is 0 Å². The van der Waals surface area contributed by atoms with E-state index >= 15 is 0 Å². The Morgan fingerprint density at radius 1 is 0.727 bits per heavy atom. The van der Waals surface area contributed by atoms with Crippen LogP contribution < -0.4 is 4.90 Å². The molecule has 44 heavy (non-hydrogen) atoms. The number of nitriles is 1. The molecule has 0 bridgehead atoms. The van der Waals surface area contributed by atoms with Crippen molar-refractivity contribution >= 4 is 22.9 Å². The SMILES string of the molecule is C=C1c2ccc(C#N)cc2C(N(C(=N)c2ccccc2)c2c(-c3ccccc3)cccc2-c2ccccc2)=NC1(CC)CC. The summed E-state index contributed by atoms with van der Waals surface area (Å²) in [6, 6.07) is 44.8. The predicted octanol–water partition coefficient (Wildman–Crippen LogP) is 9.76. The summed E-state index contributed by atoms with van der Waals surface area (Å²) in [5.41, 5.74) is 8.35. The first-order valence-corrected chi connectivity index (χ1v) is 15.0. The van der Waals surface area contributed by atoms with Crippen LogP contribution in [0.25, 0.3) is 27.8 Å². The Kier molecular flexibility index (Phi) is 7.79. The number of amidine groups is 2. The highest BCUT2D eigenvalue weighted by Gasteiger charge is 2.40. The minimum absolute atomic E-state index is 0.298. The normalized spacial score (nSPS) is 13.4. The lowest BCUT2D eigenvalue weighted by atomic mass is 9.77. The molecule has 214 valence electrons. The summed E-state index contributed by atoms with van der Waals surface area (Å²) in [6.07, 6.45) is 1.51. The van der Waals surface area contributed by atoms with E-state index in [0.29, 0.717) is 17.2 Å². The molecule has 4 heteroatoms. The lowest BCUT2D eigenvalue weighted by Crippen LogP contribution is -2.44. The molecule has 1 aliphatic rings. The van der Waals surface area contributed by atoms with Crippen LogP contribution in [0, 0.1) is 16.7 Å². The van der Waals surface area contributed by atoms with Crippen LogP contribution in [0.15, 0.2) is 139 Å². The third kappa shape index (κ3) is 4.93. The number of nitrogens with zero attached hydrogens (tertiary/aromatic N) is 3. The van der Waals surface area contributed by atoms with Crippen molar-refractivity contribution < 1.29 is 0 Å². The number of para-hydroxylation sites is 1. The van der Waals surface area contributed by atoms with Gasteiger partial charge in [0, 0.05) is 22.3 Å². The van der Waals surface area contributed by atoms with Crippen molar-refractivity contribution in [3.8, 4) is 28.3 Å². The van der Waals surface area contributed by atoms with Gasteiger partial charge in [-0.2, -0.15) is 5.26 Å². The summed E-state index contributed by atoms with van der Waals surface area (Å²) >= 11 is 0. The van der Waals surface area contributed by atoms with Crippen molar-refractivity contribution in [1.82, 2.24) is 0 Å². The molecule has 0 aromatic heterocycles. The molecule has 0 radical (unpaired) electrons. The molecule has 0 unspecified atom stereocenters. The van der Waals surface area contributed by atoms with Gasteiger partial charge >= 0.3 is 0 Å². The molecule has 1 aliphatic heterocycles. The number of aliphatic imine (C=N–C) groups is 1. The molecule has 0 saturated heterocycles. The molecule has 6 rings (SSSR count). The molecule has 0 atom stereocenters. The number of anilines is 1. The van der Waals surface area contributed by atoms with E-state index in [1.807, 2.05) is 89.8 Å². The number of hydrogen-bond donors (Lipinski definition) is 1. The van der Waals surface area contributed by atoms with Crippen molar-refractivity contribution in [3.05, 3.63) is 156 Å². The van der Waals surface area contributed by atoms with E-state index in [0.717, 1.165) is 63.0 Å². The van der Waals surface area contributed by atoms with Gasteiger partial charge in [-0.1, -0.05) is 136 Å². The Bertz CT molecular complexity index is 1850. The largest absolute Gasteiger partial charge is 0.284 e. The van der Waals surface area contributed by atoms with Gasteiger partial charge in [-0.3, -0.25) is 15.3 Å². The highest BCUT2D eigenvalue weighted by Crippen LogP contribution is 2.46. The highest BCUT2D eigenvalue weighted by molar-refractivity contribution is 6.32. The molecule has 1 N–H and O–H groups in total. The zero-order valence-corrected chi connectivity index (χ0v) is 25.1. The summed E-state index contributed by atoms with van der Waals surface area (Å²) in [7, 11) is 0. The molecular formula is C40H34N4. The zero-order chi connectivity index (χ0) is 30.7. The molecule has 0 aliphatic carbocycles. The second-order valence-electron chi connectivity index (χ2n) is 11.0. The van der Waals surface area contributed by atoms with E-state index < -0.39 is 5.54 Å². The minimum atomic E-state index is -0.555. The molecule has 0 amide bonds. The van der Waals surface area contributed by atoms with Crippen LogP contribution in [0.3, 0.4) is 0 Å².